The number of thiophene rings is 1. The first-order chi connectivity index (χ1) is 10.1. The van der Waals surface area contributed by atoms with E-state index in [4.69, 9.17) is 0 Å². The van der Waals surface area contributed by atoms with Crippen LogP contribution in [0.3, 0.4) is 0 Å². The van der Waals surface area contributed by atoms with Gasteiger partial charge in [0.25, 0.3) is 5.91 Å². The number of rotatable bonds is 4. The maximum Gasteiger partial charge on any atom is 0.308 e. The van der Waals surface area contributed by atoms with Crippen LogP contribution in [0.25, 0.3) is 0 Å². The molecule has 1 saturated carbocycles. The Balaban J connectivity index is 2.20. The van der Waals surface area contributed by atoms with Crippen LogP contribution < -0.4 is 5.32 Å². The monoisotopic (exact) mass is 345 g/mol. The van der Waals surface area contributed by atoms with Crippen molar-refractivity contribution in [3.63, 3.8) is 0 Å². The van der Waals surface area contributed by atoms with Crippen molar-refractivity contribution in [3.8, 4) is 0 Å². The molecular formula is C14H19NO5S2. The number of carbonyl (C=O) groups is 2. The second-order valence-electron chi connectivity index (χ2n) is 5.90. The fourth-order valence-electron chi connectivity index (χ4n) is 2.84. The van der Waals surface area contributed by atoms with Crippen molar-refractivity contribution >= 4 is 33.1 Å². The largest absolute Gasteiger partial charge is 0.481 e. The van der Waals surface area contributed by atoms with Gasteiger partial charge in [-0.3, -0.25) is 9.59 Å². The third-order valence-electron chi connectivity index (χ3n) is 4.08. The summed E-state index contributed by atoms with van der Waals surface area (Å²) in [7, 11) is -3.34. The Kier molecular flexibility index (Phi) is 4.62. The number of hydrogen-bond acceptors (Lipinski definition) is 5. The zero-order valence-electron chi connectivity index (χ0n) is 12.5. The average molecular weight is 345 g/mol. The smallest absolute Gasteiger partial charge is 0.308 e. The van der Waals surface area contributed by atoms with Gasteiger partial charge in [-0.1, -0.05) is 12.8 Å². The lowest BCUT2D eigenvalue weighted by Gasteiger charge is -2.39. The molecule has 2 unspecified atom stereocenters. The van der Waals surface area contributed by atoms with Gasteiger partial charge < -0.3 is 10.4 Å². The van der Waals surface area contributed by atoms with Crippen LogP contribution in [0.5, 0.6) is 0 Å². The third kappa shape index (κ3) is 3.49. The summed E-state index contributed by atoms with van der Waals surface area (Å²) < 4.78 is 23.1. The molecule has 2 atom stereocenters. The van der Waals surface area contributed by atoms with E-state index in [0.717, 1.165) is 30.4 Å². The lowest BCUT2D eigenvalue weighted by molar-refractivity contribution is -0.145. The number of carboxylic acids is 1. The van der Waals surface area contributed by atoms with Crippen LogP contribution >= 0.6 is 11.3 Å². The molecule has 0 saturated heterocycles. The van der Waals surface area contributed by atoms with E-state index in [0.29, 0.717) is 12.8 Å². The van der Waals surface area contributed by atoms with Gasteiger partial charge in [0.05, 0.1) is 16.3 Å². The highest BCUT2D eigenvalue weighted by Crippen LogP contribution is 2.34. The van der Waals surface area contributed by atoms with Crippen LogP contribution in [-0.2, 0) is 14.6 Å². The minimum Gasteiger partial charge on any atom is -0.481 e. The summed E-state index contributed by atoms with van der Waals surface area (Å²) in [5, 5.41) is 12.1. The van der Waals surface area contributed by atoms with Gasteiger partial charge in [0.15, 0.2) is 9.84 Å². The summed E-state index contributed by atoms with van der Waals surface area (Å²) in [6, 6.07) is 2.85. The standard InChI is InChI=1S/C14H19NO5S2/c1-14(8-4-3-5-9(14)13(17)18)15-12(16)10-6-7-11(21-10)22(2,19)20/h6-7,9H,3-5,8H2,1-2H3,(H,15,16)(H,17,18). The average Bonchev–Trinajstić information content (AvgIpc) is 2.87. The molecule has 1 fully saturated rings. The Labute approximate surface area is 133 Å². The second-order valence-corrected chi connectivity index (χ2v) is 9.23. The number of hydrogen-bond donors (Lipinski definition) is 2. The van der Waals surface area contributed by atoms with Gasteiger partial charge in [-0.15, -0.1) is 11.3 Å². The zero-order chi connectivity index (χ0) is 16.5. The van der Waals surface area contributed by atoms with Crippen LogP contribution in [0.4, 0.5) is 0 Å². The molecule has 1 amide bonds. The van der Waals surface area contributed by atoms with Gasteiger partial charge >= 0.3 is 5.97 Å². The van der Waals surface area contributed by atoms with E-state index in [-0.39, 0.29) is 9.09 Å². The molecule has 0 spiro atoms. The molecule has 2 N–H and O–H groups in total. The number of carboxylic acid groups (broad SMARTS) is 1. The first kappa shape index (κ1) is 17.0. The number of carbonyl (C=O) groups excluding carboxylic acids is 1. The minimum absolute atomic E-state index is 0.126. The highest BCUT2D eigenvalue weighted by atomic mass is 32.2. The predicted octanol–water partition coefficient (Wildman–Crippen LogP) is 1.91. The summed E-state index contributed by atoms with van der Waals surface area (Å²) in [5.41, 5.74) is -0.809. The van der Waals surface area contributed by atoms with Crippen LogP contribution in [0, 0.1) is 5.92 Å². The lowest BCUT2D eigenvalue weighted by atomic mass is 9.74. The van der Waals surface area contributed by atoms with Crippen molar-refractivity contribution in [2.45, 2.75) is 42.4 Å². The minimum atomic E-state index is -3.34. The quantitative estimate of drug-likeness (QED) is 0.868. The molecule has 22 heavy (non-hydrogen) atoms. The maximum absolute atomic E-state index is 12.3. The van der Waals surface area contributed by atoms with Crippen LogP contribution in [-0.4, -0.2) is 37.2 Å². The van der Waals surface area contributed by atoms with Gasteiger partial charge in [0.2, 0.25) is 0 Å². The molecule has 8 heteroatoms. The molecule has 1 heterocycles. The molecule has 0 aliphatic heterocycles. The Morgan fingerprint density at radius 3 is 2.59 bits per heavy atom. The number of amides is 1. The van der Waals surface area contributed by atoms with E-state index >= 15 is 0 Å². The van der Waals surface area contributed by atoms with E-state index in [1.165, 1.54) is 12.1 Å². The zero-order valence-corrected chi connectivity index (χ0v) is 14.1. The van der Waals surface area contributed by atoms with Crippen LogP contribution in [0.15, 0.2) is 16.3 Å². The first-order valence-corrected chi connectivity index (χ1v) is 9.69. The Hall–Kier alpha value is -1.41. The second kappa shape index (κ2) is 6.00. The van der Waals surface area contributed by atoms with Gasteiger partial charge in [0, 0.05) is 6.26 Å². The predicted molar refractivity (Wildman–Crippen MR) is 82.9 cm³/mol. The van der Waals surface area contributed by atoms with Crippen LogP contribution in [0.2, 0.25) is 0 Å². The molecule has 0 aromatic carbocycles. The van der Waals surface area contributed by atoms with E-state index in [9.17, 15) is 23.1 Å². The van der Waals surface area contributed by atoms with Crippen molar-refractivity contribution in [1.29, 1.82) is 0 Å². The van der Waals surface area contributed by atoms with Crippen molar-refractivity contribution in [2.75, 3.05) is 6.26 Å². The van der Waals surface area contributed by atoms with Crippen molar-refractivity contribution in [3.05, 3.63) is 17.0 Å². The van der Waals surface area contributed by atoms with E-state index < -0.39 is 33.2 Å². The normalized spacial score (nSPS) is 25.6. The van der Waals surface area contributed by atoms with E-state index in [2.05, 4.69) is 5.32 Å². The molecule has 1 aliphatic carbocycles. The highest BCUT2D eigenvalue weighted by Gasteiger charge is 2.42. The molecule has 122 valence electrons. The fourth-order valence-corrected chi connectivity index (χ4v) is 4.66. The summed E-state index contributed by atoms with van der Waals surface area (Å²) in [6.45, 7) is 1.74. The van der Waals surface area contributed by atoms with Gasteiger partial charge in [-0.2, -0.15) is 0 Å². The fraction of sp³-hybridized carbons (Fsp3) is 0.571. The Bertz CT molecular complexity index is 694. The molecule has 2 rings (SSSR count). The van der Waals surface area contributed by atoms with Gasteiger partial charge in [0.1, 0.15) is 4.21 Å². The molecular weight excluding hydrogens is 326 g/mol. The highest BCUT2D eigenvalue weighted by molar-refractivity contribution is 7.92. The van der Waals surface area contributed by atoms with Gasteiger partial charge in [-0.05, 0) is 31.9 Å². The first-order valence-electron chi connectivity index (χ1n) is 6.99. The number of aliphatic carboxylic acids is 1. The molecule has 1 aromatic rings. The Morgan fingerprint density at radius 1 is 1.36 bits per heavy atom. The molecule has 1 aromatic heterocycles. The Morgan fingerprint density at radius 2 is 2.05 bits per heavy atom. The van der Waals surface area contributed by atoms with Crippen molar-refractivity contribution < 1.29 is 23.1 Å². The summed E-state index contributed by atoms with van der Waals surface area (Å²) in [6.07, 6.45) is 3.91. The SMILES string of the molecule is CC1(NC(=O)c2ccc(S(C)(=O)=O)s2)CCCCC1C(=O)O. The molecule has 0 radical (unpaired) electrons. The summed E-state index contributed by atoms with van der Waals surface area (Å²) >= 11 is 0.897. The van der Waals surface area contributed by atoms with E-state index in [1.807, 2.05) is 0 Å². The lowest BCUT2D eigenvalue weighted by Crippen LogP contribution is -2.55. The molecule has 0 bridgehead atoms. The van der Waals surface area contributed by atoms with Crippen LogP contribution in [0.1, 0.15) is 42.3 Å². The van der Waals surface area contributed by atoms with Crippen molar-refractivity contribution in [2.24, 2.45) is 5.92 Å². The van der Waals surface area contributed by atoms with Gasteiger partial charge in [-0.25, -0.2) is 8.42 Å². The maximum atomic E-state index is 12.3. The molecule has 1 aliphatic rings. The topological polar surface area (TPSA) is 101 Å². The van der Waals surface area contributed by atoms with E-state index in [1.54, 1.807) is 6.92 Å². The summed E-state index contributed by atoms with van der Waals surface area (Å²) in [5.74, 6) is -1.96. The number of sulfone groups is 1. The number of nitrogens with one attached hydrogen (secondary N) is 1. The van der Waals surface area contributed by atoms with Crippen molar-refractivity contribution in [1.82, 2.24) is 5.32 Å². The third-order valence-corrected chi connectivity index (χ3v) is 6.98. The molecule has 6 nitrogen and oxygen atoms in total. The summed E-state index contributed by atoms with van der Waals surface area (Å²) in [4.78, 5) is 24.0.